The Morgan fingerprint density at radius 1 is 1.00 bits per heavy atom. The average molecular weight is 437 g/mol. The lowest BCUT2D eigenvalue weighted by atomic mass is 10.2. The molecule has 158 valence electrons. The van der Waals surface area contributed by atoms with Crippen LogP contribution in [-0.2, 0) is 5.75 Å². The van der Waals surface area contributed by atoms with Crippen molar-refractivity contribution in [2.45, 2.75) is 30.7 Å². The SMILES string of the molecule is Cc1ccc(-n2c(SCc3noc(-c4ccc(F)cc4)n3)nnc2N2CCCC2)cc1. The first-order valence-corrected chi connectivity index (χ1v) is 11.1. The van der Waals surface area contributed by atoms with Crippen molar-refractivity contribution in [3.8, 4) is 17.1 Å². The Kier molecular flexibility index (Phi) is 5.42. The molecule has 1 fully saturated rings. The van der Waals surface area contributed by atoms with Crippen molar-refractivity contribution in [2.24, 2.45) is 0 Å². The molecule has 5 rings (SSSR count). The van der Waals surface area contributed by atoms with Gasteiger partial charge in [0.25, 0.3) is 5.89 Å². The lowest BCUT2D eigenvalue weighted by molar-refractivity contribution is 0.425. The molecule has 0 saturated carbocycles. The predicted octanol–water partition coefficient (Wildman–Crippen LogP) is 4.66. The zero-order valence-electron chi connectivity index (χ0n) is 17.0. The number of halogens is 1. The van der Waals surface area contributed by atoms with Crippen molar-refractivity contribution >= 4 is 17.7 Å². The Bertz CT molecular complexity index is 1170. The van der Waals surface area contributed by atoms with Gasteiger partial charge >= 0.3 is 0 Å². The number of aryl methyl sites for hydroxylation is 1. The Balaban J connectivity index is 1.39. The summed E-state index contributed by atoms with van der Waals surface area (Å²) in [4.78, 5) is 6.71. The summed E-state index contributed by atoms with van der Waals surface area (Å²) in [6.07, 6.45) is 2.33. The lowest BCUT2D eigenvalue weighted by Gasteiger charge is -2.18. The van der Waals surface area contributed by atoms with Crippen LogP contribution in [0, 0.1) is 12.7 Å². The molecular formula is C22H21FN6OS. The summed E-state index contributed by atoms with van der Waals surface area (Å²) in [5.74, 6) is 1.96. The molecule has 0 bridgehead atoms. The van der Waals surface area contributed by atoms with E-state index in [4.69, 9.17) is 4.52 Å². The van der Waals surface area contributed by atoms with Gasteiger partial charge < -0.3 is 9.42 Å². The summed E-state index contributed by atoms with van der Waals surface area (Å²) >= 11 is 1.51. The summed E-state index contributed by atoms with van der Waals surface area (Å²) in [5, 5.41) is 13.8. The van der Waals surface area contributed by atoms with Crippen LogP contribution in [0.4, 0.5) is 10.3 Å². The Hall–Kier alpha value is -3.20. The second-order valence-corrected chi connectivity index (χ2v) is 8.40. The van der Waals surface area contributed by atoms with Gasteiger partial charge in [0.1, 0.15) is 5.82 Å². The number of hydrogen-bond donors (Lipinski definition) is 0. The minimum atomic E-state index is -0.303. The third kappa shape index (κ3) is 4.18. The van der Waals surface area contributed by atoms with Crippen LogP contribution >= 0.6 is 11.8 Å². The Morgan fingerprint density at radius 2 is 1.74 bits per heavy atom. The number of aromatic nitrogens is 5. The second kappa shape index (κ2) is 8.50. The van der Waals surface area contributed by atoms with E-state index in [1.807, 2.05) is 0 Å². The first-order valence-electron chi connectivity index (χ1n) is 10.2. The normalized spacial score (nSPS) is 13.8. The average Bonchev–Trinajstić information content (AvgIpc) is 3.54. The smallest absolute Gasteiger partial charge is 0.257 e. The molecule has 1 aliphatic heterocycles. The van der Waals surface area contributed by atoms with E-state index in [1.54, 1.807) is 12.1 Å². The lowest BCUT2D eigenvalue weighted by Crippen LogP contribution is -2.22. The van der Waals surface area contributed by atoms with Gasteiger partial charge in [0.2, 0.25) is 5.95 Å². The third-order valence-electron chi connectivity index (χ3n) is 5.19. The summed E-state index contributed by atoms with van der Waals surface area (Å²) in [6.45, 7) is 4.04. The molecule has 31 heavy (non-hydrogen) atoms. The van der Waals surface area contributed by atoms with Crippen molar-refractivity contribution in [1.29, 1.82) is 0 Å². The molecule has 7 nitrogen and oxygen atoms in total. The van der Waals surface area contributed by atoms with E-state index < -0.39 is 0 Å². The molecule has 0 N–H and O–H groups in total. The van der Waals surface area contributed by atoms with Crippen LogP contribution in [0.5, 0.6) is 0 Å². The molecule has 3 heterocycles. The van der Waals surface area contributed by atoms with E-state index >= 15 is 0 Å². The molecule has 0 spiro atoms. The first kappa shape index (κ1) is 19.7. The molecule has 2 aromatic heterocycles. The highest BCUT2D eigenvalue weighted by atomic mass is 32.2. The maximum absolute atomic E-state index is 13.1. The fraction of sp³-hybridized carbons (Fsp3) is 0.273. The molecule has 9 heteroatoms. The molecule has 0 aliphatic carbocycles. The maximum Gasteiger partial charge on any atom is 0.257 e. The molecule has 0 amide bonds. The van der Waals surface area contributed by atoms with Crippen molar-refractivity contribution in [3.63, 3.8) is 0 Å². The van der Waals surface area contributed by atoms with Gasteiger partial charge in [0.15, 0.2) is 11.0 Å². The van der Waals surface area contributed by atoms with Crippen LogP contribution in [0.2, 0.25) is 0 Å². The van der Waals surface area contributed by atoms with Crippen LogP contribution in [0.1, 0.15) is 24.2 Å². The number of rotatable bonds is 6. The van der Waals surface area contributed by atoms with Gasteiger partial charge in [-0.15, -0.1) is 10.2 Å². The Morgan fingerprint density at radius 3 is 2.48 bits per heavy atom. The molecule has 1 aliphatic rings. The van der Waals surface area contributed by atoms with Crippen molar-refractivity contribution in [1.82, 2.24) is 24.9 Å². The third-order valence-corrected chi connectivity index (χ3v) is 6.11. The van der Waals surface area contributed by atoms with Crippen molar-refractivity contribution in [2.75, 3.05) is 18.0 Å². The second-order valence-electron chi connectivity index (χ2n) is 7.46. The van der Waals surface area contributed by atoms with Gasteiger partial charge in [0, 0.05) is 18.7 Å². The number of thioether (sulfide) groups is 1. The highest BCUT2D eigenvalue weighted by Crippen LogP contribution is 2.30. The zero-order chi connectivity index (χ0) is 21.2. The predicted molar refractivity (Wildman–Crippen MR) is 117 cm³/mol. The molecule has 0 unspecified atom stereocenters. The van der Waals surface area contributed by atoms with E-state index in [-0.39, 0.29) is 5.82 Å². The highest BCUT2D eigenvalue weighted by molar-refractivity contribution is 7.98. The fourth-order valence-corrected chi connectivity index (χ4v) is 4.34. The largest absolute Gasteiger partial charge is 0.341 e. The first-order chi connectivity index (χ1) is 15.2. The van der Waals surface area contributed by atoms with Crippen molar-refractivity contribution < 1.29 is 8.91 Å². The van der Waals surface area contributed by atoms with E-state index in [2.05, 4.69) is 61.0 Å². The quantitative estimate of drug-likeness (QED) is 0.407. The van der Waals surface area contributed by atoms with E-state index in [9.17, 15) is 4.39 Å². The van der Waals surface area contributed by atoms with Crippen molar-refractivity contribution in [3.05, 3.63) is 65.7 Å². The van der Waals surface area contributed by atoms with Crippen LogP contribution in [0.3, 0.4) is 0 Å². The van der Waals surface area contributed by atoms with E-state index in [0.717, 1.165) is 42.7 Å². The van der Waals surface area contributed by atoms with Gasteiger partial charge in [-0.2, -0.15) is 4.98 Å². The standard InChI is InChI=1S/C22H21FN6OS/c1-15-4-10-18(11-5-15)29-21(28-12-2-3-13-28)25-26-22(29)31-14-19-24-20(30-27-19)16-6-8-17(23)9-7-16/h4-11H,2-3,12-14H2,1H3. The van der Waals surface area contributed by atoms with E-state index in [1.165, 1.54) is 29.5 Å². The van der Waals surface area contributed by atoms with Gasteiger partial charge in [-0.3, -0.25) is 4.57 Å². The van der Waals surface area contributed by atoms with Gasteiger partial charge in [-0.1, -0.05) is 34.6 Å². The highest BCUT2D eigenvalue weighted by Gasteiger charge is 2.23. The minimum absolute atomic E-state index is 0.303. The summed E-state index contributed by atoms with van der Waals surface area (Å²) in [6, 6.07) is 14.3. The monoisotopic (exact) mass is 436 g/mol. The zero-order valence-corrected chi connectivity index (χ0v) is 17.8. The van der Waals surface area contributed by atoms with Crippen LogP contribution in [0.15, 0.2) is 58.2 Å². The van der Waals surface area contributed by atoms with Crippen LogP contribution < -0.4 is 4.90 Å². The summed E-state index contributed by atoms with van der Waals surface area (Å²) in [5.41, 5.74) is 2.92. The van der Waals surface area contributed by atoms with Crippen LogP contribution in [-0.4, -0.2) is 38.0 Å². The van der Waals surface area contributed by atoms with Gasteiger partial charge in [-0.05, 0) is 56.2 Å². The Labute approximate surface area is 183 Å². The molecular weight excluding hydrogens is 415 g/mol. The summed E-state index contributed by atoms with van der Waals surface area (Å²) < 4.78 is 20.6. The number of nitrogens with zero attached hydrogens (tertiary/aromatic N) is 6. The fourth-order valence-electron chi connectivity index (χ4n) is 3.55. The number of anilines is 1. The molecule has 0 atom stereocenters. The minimum Gasteiger partial charge on any atom is -0.341 e. The molecule has 0 radical (unpaired) electrons. The van der Waals surface area contributed by atoms with Gasteiger partial charge in [0.05, 0.1) is 11.4 Å². The molecule has 2 aromatic carbocycles. The topological polar surface area (TPSA) is 72.9 Å². The number of hydrogen-bond acceptors (Lipinski definition) is 7. The maximum atomic E-state index is 13.1. The molecule has 1 saturated heterocycles. The number of benzene rings is 2. The van der Waals surface area contributed by atoms with Gasteiger partial charge in [-0.25, -0.2) is 4.39 Å². The molecule has 4 aromatic rings. The summed E-state index contributed by atoms with van der Waals surface area (Å²) in [7, 11) is 0. The van der Waals surface area contributed by atoms with Crippen LogP contribution in [0.25, 0.3) is 17.1 Å². The van der Waals surface area contributed by atoms with E-state index in [0.29, 0.717) is 23.0 Å².